The molecule has 1 atom stereocenters. The first kappa shape index (κ1) is 16.2. The third-order valence-electron chi connectivity index (χ3n) is 5.87. The lowest BCUT2D eigenvalue weighted by atomic mass is 9.65. The fraction of sp³-hybridized carbons (Fsp3) is 0.556. The predicted molar refractivity (Wildman–Crippen MR) is 88.6 cm³/mol. The summed E-state index contributed by atoms with van der Waals surface area (Å²) in [5, 5.41) is 12.9. The van der Waals surface area contributed by atoms with Crippen molar-refractivity contribution >= 4 is 11.8 Å². The van der Waals surface area contributed by atoms with E-state index in [-0.39, 0.29) is 30.2 Å². The maximum atomic E-state index is 13.2. The second-order valence-corrected chi connectivity index (χ2v) is 7.17. The van der Waals surface area contributed by atoms with Crippen molar-refractivity contribution < 1.29 is 24.2 Å². The highest BCUT2D eigenvalue weighted by atomic mass is 16.5. The van der Waals surface area contributed by atoms with Crippen LogP contribution in [0.5, 0.6) is 11.5 Å². The van der Waals surface area contributed by atoms with Crippen LogP contribution in [0.2, 0.25) is 0 Å². The molecule has 1 unspecified atom stereocenters. The highest BCUT2D eigenvalue weighted by molar-refractivity contribution is 6.02. The van der Waals surface area contributed by atoms with Gasteiger partial charge in [-0.2, -0.15) is 0 Å². The van der Waals surface area contributed by atoms with Crippen molar-refractivity contribution in [1.82, 2.24) is 10.2 Å². The van der Waals surface area contributed by atoms with Crippen molar-refractivity contribution in [2.75, 3.05) is 20.7 Å². The Morgan fingerprint density at radius 1 is 1.32 bits per heavy atom. The number of amides is 2. The first-order valence-corrected chi connectivity index (χ1v) is 8.54. The molecule has 7 heteroatoms. The van der Waals surface area contributed by atoms with Crippen LogP contribution < -0.4 is 10.1 Å². The van der Waals surface area contributed by atoms with Crippen LogP contribution in [0.15, 0.2) is 18.2 Å². The molecular formula is C18H22N2O5. The number of carbonyl (C=O) groups excluding carboxylic acids is 2. The van der Waals surface area contributed by atoms with E-state index in [2.05, 4.69) is 5.32 Å². The van der Waals surface area contributed by atoms with E-state index in [0.29, 0.717) is 24.2 Å². The number of phenolic OH excluding ortho intramolecular Hbond substituents is 1. The number of methoxy groups -OCH3 is 1. The number of nitrogens with one attached hydrogen (secondary N) is 1. The molecule has 2 N–H and O–H groups in total. The molecule has 7 nitrogen and oxygen atoms in total. The van der Waals surface area contributed by atoms with Gasteiger partial charge in [-0.25, -0.2) is 4.79 Å². The van der Waals surface area contributed by atoms with Crippen molar-refractivity contribution in [1.29, 1.82) is 0 Å². The van der Waals surface area contributed by atoms with Crippen LogP contribution in [0, 0.1) is 0 Å². The lowest BCUT2D eigenvalue weighted by Crippen LogP contribution is -2.72. The Morgan fingerprint density at radius 3 is 2.72 bits per heavy atom. The average Bonchev–Trinajstić information content (AvgIpc) is 2.84. The van der Waals surface area contributed by atoms with Crippen LogP contribution in [-0.4, -0.2) is 54.2 Å². The van der Waals surface area contributed by atoms with Crippen LogP contribution in [-0.2, 0) is 15.1 Å². The van der Waals surface area contributed by atoms with Gasteiger partial charge in [-0.3, -0.25) is 4.79 Å². The van der Waals surface area contributed by atoms with Gasteiger partial charge in [0.2, 0.25) is 0 Å². The summed E-state index contributed by atoms with van der Waals surface area (Å²) in [5.74, 6) is 0.479. The Labute approximate surface area is 145 Å². The second-order valence-electron chi connectivity index (χ2n) is 7.17. The van der Waals surface area contributed by atoms with Crippen LogP contribution >= 0.6 is 0 Å². The minimum absolute atomic E-state index is 0.0136. The Morgan fingerprint density at radius 2 is 2.04 bits per heavy atom. The molecule has 1 saturated carbocycles. The SMILES string of the molecule is COC1CCC2(CC1)Oc1ccc(O)cc1C21NC(=O)N(C)CC1=O. The second kappa shape index (κ2) is 5.36. The predicted octanol–water partition coefficient (Wildman–Crippen LogP) is 1.53. The summed E-state index contributed by atoms with van der Waals surface area (Å²) in [6.07, 6.45) is 2.81. The van der Waals surface area contributed by atoms with Crippen molar-refractivity contribution in [3.05, 3.63) is 23.8 Å². The number of hydrogen-bond acceptors (Lipinski definition) is 5. The molecule has 0 bridgehead atoms. The third kappa shape index (κ3) is 2.08. The molecule has 2 aliphatic heterocycles. The molecule has 0 radical (unpaired) electrons. The van der Waals surface area contributed by atoms with E-state index < -0.39 is 11.1 Å². The fourth-order valence-corrected chi connectivity index (χ4v) is 4.52. The molecule has 25 heavy (non-hydrogen) atoms. The summed E-state index contributed by atoms with van der Waals surface area (Å²) in [4.78, 5) is 27.0. The van der Waals surface area contributed by atoms with Gasteiger partial charge in [0, 0.05) is 19.7 Å². The van der Waals surface area contributed by atoms with Gasteiger partial charge in [0.15, 0.2) is 11.3 Å². The Hall–Kier alpha value is -2.28. The minimum atomic E-state index is -1.26. The number of hydrogen-bond donors (Lipinski definition) is 2. The van der Waals surface area contributed by atoms with Gasteiger partial charge in [0.25, 0.3) is 0 Å². The summed E-state index contributed by atoms with van der Waals surface area (Å²) in [6, 6.07) is 4.43. The number of nitrogens with zero attached hydrogens (tertiary/aromatic N) is 1. The highest BCUT2D eigenvalue weighted by Gasteiger charge is 2.67. The standard InChI is InChI=1S/C18H22N2O5/c1-20-10-15(22)18(19-16(20)23)13-9-11(21)3-4-14(13)25-17(18)7-5-12(24-2)6-8-17/h3-4,9,12,21H,5-8,10H2,1-2H3,(H,19,23). The number of likely N-dealkylation sites (N-methyl/N-ethyl adjacent to an activating group) is 1. The van der Waals surface area contributed by atoms with Gasteiger partial charge < -0.3 is 24.8 Å². The van der Waals surface area contributed by atoms with Crippen molar-refractivity contribution in [2.24, 2.45) is 0 Å². The molecule has 0 aromatic heterocycles. The fourth-order valence-electron chi connectivity index (χ4n) is 4.52. The Bertz CT molecular complexity index is 741. The number of aromatic hydroxyl groups is 1. The average molecular weight is 346 g/mol. The molecule has 134 valence electrons. The molecule has 1 aliphatic carbocycles. The molecule has 1 saturated heterocycles. The van der Waals surface area contributed by atoms with E-state index in [9.17, 15) is 14.7 Å². The number of carbonyl (C=O) groups is 2. The van der Waals surface area contributed by atoms with Crippen molar-refractivity contribution in [2.45, 2.75) is 42.9 Å². The number of fused-ring (bicyclic) bond motifs is 3. The van der Waals surface area contributed by atoms with E-state index in [0.717, 1.165) is 12.8 Å². The van der Waals surface area contributed by atoms with E-state index in [4.69, 9.17) is 9.47 Å². The number of benzene rings is 1. The molecule has 2 spiro atoms. The summed E-state index contributed by atoms with van der Waals surface area (Å²) in [6.45, 7) is 0.0136. The number of ketones is 1. The zero-order valence-electron chi connectivity index (χ0n) is 14.4. The number of ether oxygens (including phenoxy) is 2. The van der Waals surface area contributed by atoms with E-state index in [1.54, 1.807) is 20.2 Å². The molecule has 1 aromatic carbocycles. The van der Waals surface area contributed by atoms with Gasteiger partial charge >= 0.3 is 6.03 Å². The van der Waals surface area contributed by atoms with Gasteiger partial charge in [-0.05, 0) is 43.9 Å². The van der Waals surface area contributed by atoms with Crippen LogP contribution in [0.3, 0.4) is 0 Å². The van der Waals surface area contributed by atoms with Crippen LogP contribution in [0.25, 0.3) is 0 Å². The van der Waals surface area contributed by atoms with E-state index in [1.807, 2.05) is 0 Å². The molecular weight excluding hydrogens is 324 g/mol. The first-order chi connectivity index (χ1) is 11.9. The highest BCUT2D eigenvalue weighted by Crippen LogP contribution is 2.56. The summed E-state index contributed by atoms with van der Waals surface area (Å²) < 4.78 is 11.8. The summed E-state index contributed by atoms with van der Waals surface area (Å²) in [5.41, 5.74) is -1.55. The van der Waals surface area contributed by atoms with Crippen molar-refractivity contribution in [3.63, 3.8) is 0 Å². The summed E-state index contributed by atoms with van der Waals surface area (Å²) >= 11 is 0. The molecule has 4 rings (SSSR count). The van der Waals surface area contributed by atoms with Gasteiger partial charge in [-0.15, -0.1) is 0 Å². The largest absolute Gasteiger partial charge is 0.508 e. The zero-order chi connectivity index (χ0) is 17.8. The third-order valence-corrected chi connectivity index (χ3v) is 5.87. The normalized spacial score (nSPS) is 34.2. The molecule has 2 fully saturated rings. The van der Waals surface area contributed by atoms with Gasteiger partial charge in [-0.1, -0.05) is 0 Å². The van der Waals surface area contributed by atoms with E-state index in [1.165, 1.54) is 17.0 Å². The first-order valence-electron chi connectivity index (χ1n) is 8.54. The lowest BCUT2D eigenvalue weighted by Gasteiger charge is -2.49. The lowest BCUT2D eigenvalue weighted by molar-refractivity contribution is -0.141. The number of rotatable bonds is 1. The number of urea groups is 1. The smallest absolute Gasteiger partial charge is 0.318 e. The molecule has 2 heterocycles. The molecule has 2 amide bonds. The zero-order valence-corrected chi connectivity index (χ0v) is 14.4. The van der Waals surface area contributed by atoms with Gasteiger partial charge in [0.05, 0.1) is 12.6 Å². The minimum Gasteiger partial charge on any atom is -0.508 e. The maximum absolute atomic E-state index is 13.2. The Balaban J connectivity index is 1.85. The summed E-state index contributed by atoms with van der Waals surface area (Å²) in [7, 11) is 3.27. The maximum Gasteiger partial charge on any atom is 0.318 e. The quantitative estimate of drug-likeness (QED) is 0.805. The van der Waals surface area contributed by atoms with Crippen LogP contribution in [0.1, 0.15) is 31.2 Å². The van der Waals surface area contributed by atoms with Gasteiger partial charge in [0.1, 0.15) is 17.1 Å². The monoisotopic (exact) mass is 346 g/mol. The molecule has 3 aliphatic rings. The molecule has 1 aromatic rings. The topological polar surface area (TPSA) is 88.1 Å². The number of Topliss-reactive ketones (excluding diaryl/α,β-unsaturated/α-hetero) is 1. The number of phenols is 1. The van der Waals surface area contributed by atoms with Crippen LogP contribution in [0.4, 0.5) is 4.79 Å². The van der Waals surface area contributed by atoms with Crippen molar-refractivity contribution in [3.8, 4) is 11.5 Å². The Kier molecular flexibility index (Phi) is 3.47. The van der Waals surface area contributed by atoms with E-state index >= 15 is 0 Å².